The summed E-state index contributed by atoms with van der Waals surface area (Å²) in [5.41, 5.74) is 0.853. The molecule has 108 valence electrons. The fourth-order valence-electron chi connectivity index (χ4n) is 2.71. The van der Waals surface area contributed by atoms with Gasteiger partial charge in [0.25, 0.3) is 5.69 Å². The molecule has 0 unspecified atom stereocenters. The molecule has 5 nitrogen and oxygen atoms in total. The van der Waals surface area contributed by atoms with Gasteiger partial charge in [-0.15, -0.1) is 0 Å². The summed E-state index contributed by atoms with van der Waals surface area (Å²) in [7, 11) is 0. The van der Waals surface area contributed by atoms with Gasteiger partial charge in [-0.25, -0.2) is 0 Å². The number of non-ortho nitro benzene ring substituents is 1. The minimum atomic E-state index is -0.437. The van der Waals surface area contributed by atoms with E-state index in [4.69, 9.17) is 0 Å². The second-order valence-corrected chi connectivity index (χ2v) is 5.54. The van der Waals surface area contributed by atoms with Gasteiger partial charge in [0.15, 0.2) is 0 Å². The van der Waals surface area contributed by atoms with Crippen LogP contribution in [-0.4, -0.2) is 16.9 Å². The number of amides is 1. The van der Waals surface area contributed by atoms with Crippen LogP contribution in [0.4, 0.5) is 5.69 Å². The Bertz CT molecular complexity index is 484. The zero-order valence-corrected chi connectivity index (χ0v) is 11.7. The first-order valence-corrected chi connectivity index (χ1v) is 7.09. The molecule has 0 aromatic heterocycles. The van der Waals surface area contributed by atoms with Gasteiger partial charge in [0.2, 0.25) is 5.91 Å². The Morgan fingerprint density at radius 3 is 2.55 bits per heavy atom. The molecule has 1 aliphatic carbocycles. The van der Waals surface area contributed by atoms with Crippen molar-refractivity contribution in [1.29, 1.82) is 0 Å². The van der Waals surface area contributed by atoms with Gasteiger partial charge in [-0.3, -0.25) is 14.9 Å². The quantitative estimate of drug-likeness (QED) is 0.679. The average Bonchev–Trinajstić information content (AvgIpc) is 2.42. The van der Waals surface area contributed by atoms with Gasteiger partial charge in [-0.2, -0.15) is 0 Å². The lowest BCUT2D eigenvalue weighted by Crippen LogP contribution is -2.41. The van der Waals surface area contributed by atoms with Crippen LogP contribution in [0.3, 0.4) is 0 Å². The molecule has 0 aliphatic heterocycles. The number of hydrogen-bond donors (Lipinski definition) is 1. The topological polar surface area (TPSA) is 72.2 Å². The highest BCUT2D eigenvalue weighted by molar-refractivity contribution is 5.79. The summed E-state index contributed by atoms with van der Waals surface area (Å²) in [6.45, 7) is 2.18. The SMILES string of the molecule is C[C@H]1CCCC[C@@H]1NC(=O)Cc1ccc([N+](=O)[O-])cc1. The number of carbonyl (C=O) groups excluding carboxylic acids is 1. The van der Waals surface area contributed by atoms with Crippen molar-refractivity contribution in [2.45, 2.75) is 45.1 Å². The molecule has 1 aliphatic rings. The second kappa shape index (κ2) is 6.50. The first kappa shape index (κ1) is 14.5. The van der Waals surface area contributed by atoms with Crippen LogP contribution in [0.15, 0.2) is 24.3 Å². The van der Waals surface area contributed by atoms with Crippen LogP contribution in [-0.2, 0) is 11.2 Å². The molecule has 1 N–H and O–H groups in total. The molecule has 1 amide bonds. The van der Waals surface area contributed by atoms with Gasteiger partial charge in [0, 0.05) is 18.2 Å². The minimum Gasteiger partial charge on any atom is -0.353 e. The molecule has 0 radical (unpaired) electrons. The number of nitro benzene ring substituents is 1. The van der Waals surface area contributed by atoms with Crippen LogP contribution < -0.4 is 5.32 Å². The summed E-state index contributed by atoms with van der Waals surface area (Å²) in [5.74, 6) is 0.530. The van der Waals surface area contributed by atoms with Gasteiger partial charge >= 0.3 is 0 Å². The molecular weight excluding hydrogens is 256 g/mol. The van der Waals surface area contributed by atoms with E-state index in [1.807, 2.05) is 0 Å². The predicted octanol–water partition coefficient (Wildman–Crippen LogP) is 2.83. The highest BCUT2D eigenvalue weighted by atomic mass is 16.6. The molecule has 2 rings (SSSR count). The minimum absolute atomic E-state index is 0.00222. The Morgan fingerprint density at radius 1 is 1.30 bits per heavy atom. The molecule has 5 heteroatoms. The van der Waals surface area contributed by atoms with Crippen LogP contribution in [0.1, 0.15) is 38.2 Å². The van der Waals surface area contributed by atoms with E-state index in [1.165, 1.54) is 31.4 Å². The number of nitro groups is 1. The first-order valence-electron chi connectivity index (χ1n) is 7.09. The van der Waals surface area contributed by atoms with Crippen LogP contribution >= 0.6 is 0 Å². The van der Waals surface area contributed by atoms with Gasteiger partial charge in [0.1, 0.15) is 0 Å². The van der Waals surface area contributed by atoms with E-state index in [1.54, 1.807) is 12.1 Å². The van der Waals surface area contributed by atoms with Gasteiger partial charge in [0.05, 0.1) is 11.3 Å². The summed E-state index contributed by atoms with van der Waals surface area (Å²) in [6, 6.07) is 6.43. The van der Waals surface area contributed by atoms with Crippen molar-refractivity contribution in [2.24, 2.45) is 5.92 Å². The van der Waals surface area contributed by atoms with Crippen molar-refractivity contribution in [3.05, 3.63) is 39.9 Å². The lowest BCUT2D eigenvalue weighted by molar-refractivity contribution is -0.384. The molecule has 1 saturated carbocycles. The monoisotopic (exact) mass is 276 g/mol. The van der Waals surface area contributed by atoms with Crippen LogP contribution in [0.5, 0.6) is 0 Å². The maximum Gasteiger partial charge on any atom is 0.269 e. The molecule has 0 bridgehead atoms. The van der Waals surface area contributed by atoms with Crippen molar-refractivity contribution in [2.75, 3.05) is 0 Å². The van der Waals surface area contributed by atoms with Gasteiger partial charge < -0.3 is 5.32 Å². The standard InChI is InChI=1S/C15H20N2O3/c1-11-4-2-3-5-14(11)16-15(18)10-12-6-8-13(9-7-12)17(19)20/h6-9,11,14H,2-5,10H2,1H3,(H,16,18)/t11-,14-/m0/s1. The number of rotatable bonds is 4. The van der Waals surface area contributed by atoms with Gasteiger partial charge in [-0.1, -0.05) is 31.9 Å². The van der Waals surface area contributed by atoms with Crippen molar-refractivity contribution in [3.63, 3.8) is 0 Å². The predicted molar refractivity (Wildman–Crippen MR) is 76.4 cm³/mol. The smallest absolute Gasteiger partial charge is 0.269 e. The summed E-state index contributed by atoms with van der Waals surface area (Å²) in [4.78, 5) is 22.1. The van der Waals surface area contributed by atoms with Crippen molar-refractivity contribution in [1.82, 2.24) is 5.32 Å². The molecular formula is C15H20N2O3. The second-order valence-electron chi connectivity index (χ2n) is 5.54. The van der Waals surface area contributed by atoms with E-state index in [-0.39, 0.29) is 24.1 Å². The van der Waals surface area contributed by atoms with E-state index in [0.29, 0.717) is 5.92 Å². The Hall–Kier alpha value is -1.91. The molecule has 1 aromatic carbocycles. The highest BCUT2D eigenvalue weighted by Gasteiger charge is 2.22. The fourth-order valence-corrected chi connectivity index (χ4v) is 2.71. The van der Waals surface area contributed by atoms with Gasteiger partial charge in [-0.05, 0) is 24.3 Å². The van der Waals surface area contributed by atoms with E-state index in [9.17, 15) is 14.9 Å². The van der Waals surface area contributed by atoms with E-state index in [0.717, 1.165) is 12.0 Å². The summed E-state index contributed by atoms with van der Waals surface area (Å²) < 4.78 is 0. The third-order valence-electron chi connectivity index (χ3n) is 3.97. The molecule has 2 atom stereocenters. The van der Waals surface area contributed by atoms with Crippen LogP contribution in [0.25, 0.3) is 0 Å². The maximum absolute atomic E-state index is 12.0. The number of hydrogen-bond acceptors (Lipinski definition) is 3. The molecule has 1 fully saturated rings. The summed E-state index contributed by atoms with van der Waals surface area (Å²) in [6.07, 6.45) is 4.92. The molecule has 0 saturated heterocycles. The molecule has 0 heterocycles. The number of nitrogens with zero attached hydrogens (tertiary/aromatic N) is 1. The third-order valence-corrected chi connectivity index (χ3v) is 3.97. The van der Waals surface area contributed by atoms with E-state index in [2.05, 4.69) is 12.2 Å². The zero-order chi connectivity index (χ0) is 14.5. The highest BCUT2D eigenvalue weighted by Crippen LogP contribution is 2.23. The third kappa shape index (κ3) is 3.79. The lowest BCUT2D eigenvalue weighted by atomic mass is 9.86. The fraction of sp³-hybridized carbons (Fsp3) is 0.533. The van der Waals surface area contributed by atoms with Crippen molar-refractivity contribution >= 4 is 11.6 Å². The zero-order valence-electron chi connectivity index (χ0n) is 11.7. The van der Waals surface area contributed by atoms with Crippen LogP contribution in [0, 0.1) is 16.0 Å². The first-order chi connectivity index (χ1) is 9.56. The normalized spacial score (nSPS) is 22.2. The Morgan fingerprint density at radius 2 is 1.95 bits per heavy atom. The Kier molecular flexibility index (Phi) is 4.71. The van der Waals surface area contributed by atoms with Crippen molar-refractivity contribution < 1.29 is 9.72 Å². The number of carbonyl (C=O) groups is 1. The lowest BCUT2D eigenvalue weighted by Gasteiger charge is -2.29. The van der Waals surface area contributed by atoms with E-state index >= 15 is 0 Å². The number of nitrogens with one attached hydrogen (secondary N) is 1. The van der Waals surface area contributed by atoms with Crippen molar-refractivity contribution in [3.8, 4) is 0 Å². The Balaban J connectivity index is 1.89. The largest absolute Gasteiger partial charge is 0.353 e. The molecule has 0 spiro atoms. The summed E-state index contributed by atoms with van der Waals surface area (Å²) >= 11 is 0. The number of benzene rings is 1. The summed E-state index contributed by atoms with van der Waals surface area (Å²) in [5, 5.41) is 13.6. The average molecular weight is 276 g/mol. The van der Waals surface area contributed by atoms with E-state index < -0.39 is 4.92 Å². The van der Waals surface area contributed by atoms with Crippen LogP contribution in [0.2, 0.25) is 0 Å². The Labute approximate surface area is 118 Å². The molecule has 20 heavy (non-hydrogen) atoms. The maximum atomic E-state index is 12.0. The molecule has 1 aromatic rings.